The molecule has 0 N–H and O–H groups in total. The molecule has 0 saturated heterocycles. The largest absolute Gasteiger partial charge is 0.499 e. The molecule has 0 aromatic heterocycles. The van der Waals surface area contributed by atoms with E-state index in [0.29, 0.717) is 13.2 Å². The fourth-order valence-corrected chi connectivity index (χ4v) is 0.919. The van der Waals surface area contributed by atoms with Crippen molar-refractivity contribution in [3.8, 4) is 0 Å². The van der Waals surface area contributed by atoms with Crippen molar-refractivity contribution in [1.29, 1.82) is 0 Å². The second kappa shape index (κ2) is 9.03. The zero-order valence-corrected chi connectivity index (χ0v) is 9.49. The molecule has 0 heterocycles. The Balaban J connectivity index is 3.35. The van der Waals surface area contributed by atoms with Crippen LogP contribution < -0.4 is 0 Å². The third-order valence-electron chi connectivity index (χ3n) is 1.67. The highest BCUT2D eigenvalue weighted by molar-refractivity contribution is 4.55. The highest BCUT2D eigenvalue weighted by Crippen LogP contribution is 1.98. The van der Waals surface area contributed by atoms with Crippen molar-refractivity contribution in [2.24, 2.45) is 0 Å². The smallest absolute Gasteiger partial charge is 0.113 e. The fourth-order valence-electron chi connectivity index (χ4n) is 0.919. The number of hydrogen-bond acceptors (Lipinski definition) is 3. The van der Waals surface area contributed by atoms with E-state index in [0.717, 1.165) is 13.0 Å². The average Bonchev–Trinajstić information content (AvgIpc) is 2.20. The van der Waals surface area contributed by atoms with Gasteiger partial charge >= 0.3 is 0 Å². The van der Waals surface area contributed by atoms with E-state index in [4.69, 9.17) is 14.2 Å². The molecule has 0 spiro atoms. The second-order valence-corrected chi connectivity index (χ2v) is 3.33. The summed E-state index contributed by atoms with van der Waals surface area (Å²) in [7, 11) is 0. The Kier molecular flexibility index (Phi) is 8.68. The quantitative estimate of drug-likeness (QED) is 0.537. The molecule has 0 aliphatic carbocycles. The summed E-state index contributed by atoms with van der Waals surface area (Å²) in [5.41, 5.74) is 0. The molecule has 0 radical (unpaired) electrons. The summed E-state index contributed by atoms with van der Waals surface area (Å²) in [6, 6.07) is 0. The Morgan fingerprint density at radius 1 is 1.14 bits per heavy atom. The van der Waals surface area contributed by atoms with Crippen LogP contribution in [0.25, 0.3) is 0 Å². The van der Waals surface area contributed by atoms with Crippen molar-refractivity contribution in [2.75, 3.05) is 19.8 Å². The molecule has 0 fully saturated rings. The summed E-state index contributed by atoms with van der Waals surface area (Å²) < 4.78 is 16.0. The third-order valence-corrected chi connectivity index (χ3v) is 1.67. The second-order valence-electron chi connectivity index (χ2n) is 3.33. The van der Waals surface area contributed by atoms with Gasteiger partial charge in [-0.1, -0.05) is 13.5 Å². The van der Waals surface area contributed by atoms with E-state index in [2.05, 4.69) is 13.5 Å². The topological polar surface area (TPSA) is 27.7 Å². The standard InChI is InChI=1S/C11H22O3/c1-5-7-13-11(4)9-14-10(3)8-12-6-2/h6,10-11H,2,5,7-9H2,1,3-4H3. The molecular weight excluding hydrogens is 180 g/mol. The molecule has 0 aromatic rings. The molecule has 0 aromatic carbocycles. The van der Waals surface area contributed by atoms with Crippen molar-refractivity contribution in [2.45, 2.75) is 39.4 Å². The zero-order chi connectivity index (χ0) is 10.8. The van der Waals surface area contributed by atoms with Gasteiger partial charge in [-0.15, -0.1) is 0 Å². The van der Waals surface area contributed by atoms with Crippen molar-refractivity contribution < 1.29 is 14.2 Å². The minimum Gasteiger partial charge on any atom is -0.499 e. The van der Waals surface area contributed by atoms with Gasteiger partial charge in [-0.25, -0.2) is 0 Å². The Labute approximate surface area is 87.0 Å². The molecule has 84 valence electrons. The van der Waals surface area contributed by atoms with Gasteiger partial charge in [-0.3, -0.25) is 0 Å². The summed E-state index contributed by atoms with van der Waals surface area (Å²) >= 11 is 0. The van der Waals surface area contributed by atoms with Gasteiger partial charge < -0.3 is 14.2 Å². The average molecular weight is 202 g/mol. The monoisotopic (exact) mass is 202 g/mol. The molecule has 0 rings (SSSR count). The normalized spacial score (nSPS) is 14.8. The van der Waals surface area contributed by atoms with Gasteiger partial charge in [0.15, 0.2) is 0 Å². The lowest BCUT2D eigenvalue weighted by Gasteiger charge is -2.16. The molecule has 0 saturated carbocycles. The first-order chi connectivity index (χ1) is 6.70. The fraction of sp³-hybridized carbons (Fsp3) is 0.818. The van der Waals surface area contributed by atoms with E-state index in [1.165, 1.54) is 6.26 Å². The maximum Gasteiger partial charge on any atom is 0.113 e. The molecule has 0 bridgehead atoms. The Morgan fingerprint density at radius 3 is 2.36 bits per heavy atom. The maximum atomic E-state index is 5.51. The lowest BCUT2D eigenvalue weighted by Crippen LogP contribution is -2.23. The van der Waals surface area contributed by atoms with Crippen LogP contribution in [0.4, 0.5) is 0 Å². The molecule has 2 unspecified atom stereocenters. The number of hydrogen-bond donors (Lipinski definition) is 0. The van der Waals surface area contributed by atoms with E-state index in [-0.39, 0.29) is 12.2 Å². The first-order valence-electron chi connectivity index (χ1n) is 5.16. The van der Waals surface area contributed by atoms with Crippen LogP contribution in [0, 0.1) is 0 Å². The predicted molar refractivity (Wildman–Crippen MR) is 57.3 cm³/mol. The summed E-state index contributed by atoms with van der Waals surface area (Å²) in [6.45, 7) is 11.5. The predicted octanol–water partition coefficient (Wildman–Crippen LogP) is 2.37. The van der Waals surface area contributed by atoms with Gasteiger partial charge in [0.25, 0.3) is 0 Å². The van der Waals surface area contributed by atoms with Gasteiger partial charge in [0.1, 0.15) is 6.61 Å². The van der Waals surface area contributed by atoms with Crippen LogP contribution in [-0.2, 0) is 14.2 Å². The molecule has 14 heavy (non-hydrogen) atoms. The van der Waals surface area contributed by atoms with Gasteiger partial charge in [0.05, 0.1) is 25.1 Å². The summed E-state index contributed by atoms with van der Waals surface area (Å²) in [5, 5.41) is 0. The van der Waals surface area contributed by atoms with Crippen molar-refractivity contribution in [3.05, 3.63) is 12.8 Å². The minimum atomic E-state index is 0.0840. The Hall–Kier alpha value is -0.540. The molecule has 2 atom stereocenters. The molecular formula is C11H22O3. The van der Waals surface area contributed by atoms with E-state index in [1.54, 1.807) is 0 Å². The third kappa shape index (κ3) is 8.08. The van der Waals surface area contributed by atoms with Gasteiger partial charge in [-0.05, 0) is 20.3 Å². The summed E-state index contributed by atoms with van der Waals surface area (Å²) in [5.74, 6) is 0. The van der Waals surface area contributed by atoms with E-state index < -0.39 is 0 Å². The van der Waals surface area contributed by atoms with Crippen LogP contribution in [0.5, 0.6) is 0 Å². The van der Waals surface area contributed by atoms with Gasteiger partial charge in [-0.2, -0.15) is 0 Å². The molecule has 0 aliphatic heterocycles. The van der Waals surface area contributed by atoms with Crippen molar-refractivity contribution in [3.63, 3.8) is 0 Å². The van der Waals surface area contributed by atoms with Crippen LogP contribution >= 0.6 is 0 Å². The molecule has 0 amide bonds. The SMILES string of the molecule is C=COCC(C)OCC(C)OCCC. The maximum absolute atomic E-state index is 5.51. The van der Waals surface area contributed by atoms with E-state index >= 15 is 0 Å². The van der Waals surface area contributed by atoms with Gasteiger partial charge in [0, 0.05) is 6.61 Å². The first kappa shape index (κ1) is 13.5. The van der Waals surface area contributed by atoms with Crippen LogP contribution in [0.15, 0.2) is 12.8 Å². The van der Waals surface area contributed by atoms with Crippen LogP contribution in [0.2, 0.25) is 0 Å². The van der Waals surface area contributed by atoms with Gasteiger partial charge in [0.2, 0.25) is 0 Å². The van der Waals surface area contributed by atoms with Crippen LogP contribution in [0.1, 0.15) is 27.2 Å². The molecule has 3 nitrogen and oxygen atoms in total. The summed E-state index contributed by atoms with van der Waals surface area (Å²) in [6.07, 6.45) is 2.71. The number of rotatable bonds is 9. The lowest BCUT2D eigenvalue weighted by atomic mass is 10.4. The van der Waals surface area contributed by atoms with Crippen molar-refractivity contribution in [1.82, 2.24) is 0 Å². The number of ether oxygens (including phenoxy) is 3. The lowest BCUT2D eigenvalue weighted by molar-refractivity contribution is -0.0467. The first-order valence-corrected chi connectivity index (χ1v) is 5.16. The van der Waals surface area contributed by atoms with Crippen LogP contribution in [0.3, 0.4) is 0 Å². The van der Waals surface area contributed by atoms with E-state index in [1.807, 2.05) is 13.8 Å². The Morgan fingerprint density at radius 2 is 1.79 bits per heavy atom. The zero-order valence-electron chi connectivity index (χ0n) is 9.49. The molecule has 3 heteroatoms. The summed E-state index contributed by atoms with van der Waals surface area (Å²) in [4.78, 5) is 0. The highest BCUT2D eigenvalue weighted by atomic mass is 16.6. The van der Waals surface area contributed by atoms with Crippen LogP contribution in [-0.4, -0.2) is 32.0 Å². The molecule has 0 aliphatic rings. The minimum absolute atomic E-state index is 0.0840. The van der Waals surface area contributed by atoms with Crippen molar-refractivity contribution >= 4 is 0 Å². The highest BCUT2D eigenvalue weighted by Gasteiger charge is 2.06. The van der Waals surface area contributed by atoms with E-state index in [9.17, 15) is 0 Å². The Bertz CT molecular complexity index is 136.